The average Bonchev–Trinajstić information content (AvgIpc) is 2.73. The third kappa shape index (κ3) is 5.12. The van der Waals surface area contributed by atoms with E-state index in [1.807, 2.05) is 56.3 Å². The van der Waals surface area contributed by atoms with Gasteiger partial charge in [0, 0.05) is 36.9 Å². The number of nitrogens with one attached hydrogen (secondary N) is 2. The van der Waals surface area contributed by atoms with Crippen molar-refractivity contribution in [3.8, 4) is 0 Å². The normalized spacial score (nSPS) is 14.0. The van der Waals surface area contributed by atoms with Crippen LogP contribution in [0.4, 0.5) is 11.4 Å². The predicted octanol–water partition coefficient (Wildman–Crippen LogP) is 4.20. The fraction of sp³-hybridized carbons (Fsp3) is 0.391. The second-order valence-corrected chi connectivity index (χ2v) is 7.59. The summed E-state index contributed by atoms with van der Waals surface area (Å²) < 4.78 is 0. The first-order chi connectivity index (χ1) is 13.5. The molecule has 0 spiro atoms. The number of hydrogen-bond acceptors (Lipinski definition) is 3. The van der Waals surface area contributed by atoms with Gasteiger partial charge in [-0.2, -0.15) is 0 Å². The maximum absolute atomic E-state index is 13.0. The molecule has 0 unspecified atom stereocenters. The Morgan fingerprint density at radius 3 is 2.39 bits per heavy atom. The molecule has 2 aromatic carbocycles. The molecule has 2 amide bonds. The summed E-state index contributed by atoms with van der Waals surface area (Å²) in [4.78, 5) is 27.3. The minimum absolute atomic E-state index is 0.0543. The molecule has 5 heteroatoms. The molecule has 1 aliphatic heterocycles. The molecule has 0 aromatic heterocycles. The summed E-state index contributed by atoms with van der Waals surface area (Å²) >= 11 is 0. The van der Waals surface area contributed by atoms with Gasteiger partial charge in [-0.05, 0) is 43.0 Å². The number of piperidine rings is 1. The third-order valence-electron chi connectivity index (χ3n) is 5.03. The minimum atomic E-state index is -0.120. The van der Waals surface area contributed by atoms with Crippen LogP contribution in [0.25, 0.3) is 0 Å². The molecule has 2 N–H and O–H groups in total. The molecule has 1 fully saturated rings. The molecule has 1 saturated heterocycles. The van der Waals surface area contributed by atoms with Gasteiger partial charge in [-0.15, -0.1) is 0 Å². The Balaban J connectivity index is 1.82. The molecule has 5 nitrogen and oxygen atoms in total. The van der Waals surface area contributed by atoms with Crippen LogP contribution in [0.5, 0.6) is 0 Å². The minimum Gasteiger partial charge on any atom is -0.371 e. The maximum Gasteiger partial charge on any atom is 0.253 e. The largest absolute Gasteiger partial charge is 0.371 e. The number of amides is 2. The van der Waals surface area contributed by atoms with E-state index in [4.69, 9.17) is 0 Å². The smallest absolute Gasteiger partial charge is 0.253 e. The van der Waals surface area contributed by atoms with Crippen LogP contribution >= 0.6 is 0 Å². The molecule has 0 aliphatic carbocycles. The van der Waals surface area contributed by atoms with E-state index >= 15 is 0 Å². The Bertz CT molecular complexity index is 812. The first kappa shape index (κ1) is 19.9. The number of hydrogen-bond donors (Lipinski definition) is 2. The summed E-state index contributed by atoms with van der Waals surface area (Å²) in [7, 11) is 0. The fourth-order valence-corrected chi connectivity index (χ4v) is 3.37. The molecular weight excluding hydrogens is 350 g/mol. The van der Waals surface area contributed by atoms with Crippen LogP contribution in [0, 0.1) is 5.92 Å². The first-order valence-electron chi connectivity index (χ1n) is 10.1. The van der Waals surface area contributed by atoms with Gasteiger partial charge in [0.1, 0.15) is 0 Å². The summed E-state index contributed by atoms with van der Waals surface area (Å²) in [6.07, 6.45) is 3.50. The molecule has 28 heavy (non-hydrogen) atoms. The third-order valence-corrected chi connectivity index (χ3v) is 5.03. The van der Waals surface area contributed by atoms with Crippen LogP contribution in [0.1, 0.15) is 49.0 Å². The van der Waals surface area contributed by atoms with E-state index in [9.17, 15) is 9.59 Å². The van der Waals surface area contributed by atoms with Crippen molar-refractivity contribution in [3.05, 3.63) is 59.7 Å². The van der Waals surface area contributed by atoms with Crippen molar-refractivity contribution in [1.29, 1.82) is 0 Å². The molecule has 0 bridgehead atoms. The van der Waals surface area contributed by atoms with Gasteiger partial charge < -0.3 is 15.5 Å². The fourth-order valence-electron chi connectivity index (χ4n) is 3.37. The standard InChI is InChI=1S/C23H29N3O2/c1-17(2)22(27)25-19-11-12-21(26-13-7-4-8-14-26)20(15-19)23(28)24-16-18-9-5-3-6-10-18/h3,5-6,9-12,15,17H,4,7-8,13-14,16H2,1-2H3,(H,24,28)(H,25,27). The van der Waals surface area contributed by atoms with Gasteiger partial charge in [-0.25, -0.2) is 0 Å². The average molecular weight is 380 g/mol. The van der Waals surface area contributed by atoms with E-state index in [0.717, 1.165) is 37.2 Å². The zero-order chi connectivity index (χ0) is 19.9. The van der Waals surface area contributed by atoms with Gasteiger partial charge in [0.05, 0.1) is 5.56 Å². The van der Waals surface area contributed by atoms with E-state index in [0.29, 0.717) is 17.8 Å². The van der Waals surface area contributed by atoms with Crippen LogP contribution in [-0.2, 0) is 11.3 Å². The van der Waals surface area contributed by atoms with Crippen LogP contribution < -0.4 is 15.5 Å². The molecule has 0 atom stereocenters. The summed E-state index contributed by atoms with van der Waals surface area (Å²) in [5, 5.41) is 5.92. The van der Waals surface area contributed by atoms with Crippen LogP contribution in [0.2, 0.25) is 0 Å². The number of carbonyl (C=O) groups excluding carboxylic acids is 2. The molecule has 0 radical (unpaired) electrons. The van der Waals surface area contributed by atoms with Gasteiger partial charge in [-0.1, -0.05) is 44.2 Å². The molecule has 1 aliphatic rings. The molecule has 0 saturated carbocycles. The zero-order valence-electron chi connectivity index (χ0n) is 16.7. The Morgan fingerprint density at radius 2 is 1.71 bits per heavy atom. The van der Waals surface area contributed by atoms with E-state index < -0.39 is 0 Å². The van der Waals surface area contributed by atoms with Gasteiger partial charge in [0.2, 0.25) is 5.91 Å². The second kappa shape index (κ2) is 9.40. The van der Waals surface area contributed by atoms with Crippen molar-refractivity contribution >= 4 is 23.2 Å². The van der Waals surface area contributed by atoms with Gasteiger partial charge >= 0.3 is 0 Å². The molecule has 3 rings (SSSR count). The number of rotatable bonds is 6. The van der Waals surface area contributed by atoms with Crippen molar-refractivity contribution in [3.63, 3.8) is 0 Å². The molecular formula is C23H29N3O2. The lowest BCUT2D eigenvalue weighted by molar-refractivity contribution is -0.118. The SMILES string of the molecule is CC(C)C(=O)Nc1ccc(N2CCCCC2)c(C(=O)NCc2ccccc2)c1. The highest BCUT2D eigenvalue weighted by atomic mass is 16.2. The van der Waals surface area contributed by atoms with E-state index in [1.165, 1.54) is 6.42 Å². The summed E-state index contributed by atoms with van der Waals surface area (Å²) in [5.74, 6) is -0.288. The highest BCUT2D eigenvalue weighted by Crippen LogP contribution is 2.27. The number of carbonyl (C=O) groups is 2. The summed E-state index contributed by atoms with van der Waals surface area (Å²) in [6, 6.07) is 15.5. The van der Waals surface area contributed by atoms with Crippen LogP contribution in [0.15, 0.2) is 48.5 Å². The number of anilines is 2. The Kier molecular flexibility index (Phi) is 6.69. The second-order valence-electron chi connectivity index (χ2n) is 7.59. The molecule has 1 heterocycles. The van der Waals surface area contributed by atoms with Crippen LogP contribution in [0.3, 0.4) is 0 Å². The quantitative estimate of drug-likeness (QED) is 0.791. The zero-order valence-corrected chi connectivity index (χ0v) is 16.7. The van der Waals surface area contributed by atoms with Gasteiger partial charge in [0.25, 0.3) is 5.91 Å². The molecule has 2 aromatic rings. The van der Waals surface area contributed by atoms with Crippen molar-refractivity contribution < 1.29 is 9.59 Å². The Labute approximate surface area is 167 Å². The Morgan fingerprint density at radius 1 is 1.00 bits per heavy atom. The maximum atomic E-state index is 13.0. The van der Waals surface area contributed by atoms with Crippen molar-refractivity contribution in [1.82, 2.24) is 5.32 Å². The lowest BCUT2D eigenvalue weighted by Crippen LogP contribution is -2.32. The van der Waals surface area contributed by atoms with Crippen molar-refractivity contribution in [2.45, 2.75) is 39.7 Å². The van der Waals surface area contributed by atoms with E-state index in [2.05, 4.69) is 15.5 Å². The molecule has 148 valence electrons. The number of benzene rings is 2. The van der Waals surface area contributed by atoms with E-state index in [-0.39, 0.29) is 17.7 Å². The van der Waals surface area contributed by atoms with E-state index in [1.54, 1.807) is 6.07 Å². The number of nitrogens with zero attached hydrogens (tertiary/aromatic N) is 1. The van der Waals surface area contributed by atoms with Crippen molar-refractivity contribution in [2.75, 3.05) is 23.3 Å². The van der Waals surface area contributed by atoms with Crippen LogP contribution in [-0.4, -0.2) is 24.9 Å². The monoisotopic (exact) mass is 379 g/mol. The predicted molar refractivity (Wildman–Crippen MR) is 114 cm³/mol. The van der Waals surface area contributed by atoms with Crippen molar-refractivity contribution in [2.24, 2.45) is 5.92 Å². The topological polar surface area (TPSA) is 61.4 Å². The van der Waals surface area contributed by atoms with Gasteiger partial charge in [-0.3, -0.25) is 9.59 Å². The lowest BCUT2D eigenvalue weighted by atomic mass is 10.1. The lowest BCUT2D eigenvalue weighted by Gasteiger charge is -2.30. The highest BCUT2D eigenvalue weighted by molar-refractivity contribution is 6.02. The van der Waals surface area contributed by atoms with Gasteiger partial charge in [0.15, 0.2) is 0 Å². The Hall–Kier alpha value is -2.82. The summed E-state index contributed by atoms with van der Waals surface area (Å²) in [6.45, 7) is 6.09. The highest BCUT2D eigenvalue weighted by Gasteiger charge is 2.20. The first-order valence-corrected chi connectivity index (χ1v) is 10.1. The summed E-state index contributed by atoms with van der Waals surface area (Å²) in [5.41, 5.74) is 3.26.